The summed E-state index contributed by atoms with van der Waals surface area (Å²) in [6.07, 6.45) is 0. The SMILES string of the molecule is CC(O)(CN)S(=O)(=O)O. The van der Waals surface area contributed by atoms with Crippen molar-refractivity contribution < 1.29 is 18.1 Å². The van der Waals surface area contributed by atoms with E-state index in [-0.39, 0.29) is 0 Å². The van der Waals surface area contributed by atoms with Crippen molar-refractivity contribution in [3.63, 3.8) is 0 Å². The minimum Gasteiger partial charge on any atom is -0.372 e. The second-order valence-electron chi connectivity index (χ2n) is 1.85. The van der Waals surface area contributed by atoms with Crippen molar-refractivity contribution in [2.75, 3.05) is 6.54 Å². The fourth-order valence-corrected chi connectivity index (χ4v) is 0.316. The van der Waals surface area contributed by atoms with E-state index >= 15 is 0 Å². The smallest absolute Gasteiger partial charge is 0.295 e. The molecule has 0 radical (unpaired) electrons. The average Bonchev–Trinajstić information content (AvgIpc) is 1.64. The van der Waals surface area contributed by atoms with Gasteiger partial charge in [-0.2, -0.15) is 8.42 Å². The molecule has 56 valence electrons. The van der Waals surface area contributed by atoms with Crippen LogP contribution in [0.4, 0.5) is 0 Å². The Labute approximate surface area is 53.2 Å². The van der Waals surface area contributed by atoms with Gasteiger partial charge in [0.15, 0.2) is 0 Å². The first-order valence-corrected chi connectivity index (χ1v) is 3.65. The summed E-state index contributed by atoms with van der Waals surface area (Å²) in [5, 5.41) is 8.70. The van der Waals surface area contributed by atoms with Crippen LogP contribution in [-0.2, 0) is 10.1 Å². The van der Waals surface area contributed by atoms with Crippen LogP contribution in [0.2, 0.25) is 0 Å². The Morgan fingerprint density at radius 2 is 2.00 bits per heavy atom. The first-order chi connectivity index (χ1) is 3.81. The summed E-state index contributed by atoms with van der Waals surface area (Å²) in [6.45, 7) is 0.397. The van der Waals surface area contributed by atoms with Crippen molar-refractivity contribution in [3.8, 4) is 0 Å². The van der Waals surface area contributed by atoms with Gasteiger partial charge in [-0.05, 0) is 6.92 Å². The van der Waals surface area contributed by atoms with Gasteiger partial charge in [0.1, 0.15) is 0 Å². The van der Waals surface area contributed by atoms with Crippen molar-refractivity contribution in [1.29, 1.82) is 0 Å². The fourth-order valence-electron chi connectivity index (χ4n) is 0.105. The molecule has 0 rings (SSSR count). The highest BCUT2D eigenvalue weighted by molar-refractivity contribution is 7.87. The molecular weight excluding hydrogens is 146 g/mol. The minimum atomic E-state index is -4.42. The molecule has 1 atom stereocenters. The summed E-state index contributed by atoms with van der Waals surface area (Å²) in [6, 6.07) is 0. The van der Waals surface area contributed by atoms with E-state index < -0.39 is 21.6 Å². The summed E-state index contributed by atoms with van der Waals surface area (Å²) in [4.78, 5) is -2.22. The zero-order valence-electron chi connectivity index (χ0n) is 4.90. The lowest BCUT2D eigenvalue weighted by Gasteiger charge is -2.15. The molecule has 0 saturated heterocycles. The summed E-state index contributed by atoms with van der Waals surface area (Å²) in [5.41, 5.74) is 4.80. The van der Waals surface area contributed by atoms with Crippen LogP contribution in [0.15, 0.2) is 0 Å². The lowest BCUT2D eigenvalue weighted by atomic mass is 10.4. The van der Waals surface area contributed by atoms with Gasteiger partial charge >= 0.3 is 0 Å². The van der Waals surface area contributed by atoms with Gasteiger partial charge in [0.2, 0.25) is 4.93 Å². The van der Waals surface area contributed by atoms with E-state index in [1.807, 2.05) is 0 Å². The topological polar surface area (TPSA) is 101 Å². The minimum absolute atomic E-state index is 0.522. The van der Waals surface area contributed by atoms with Gasteiger partial charge in [-0.3, -0.25) is 4.55 Å². The molecule has 0 aliphatic heterocycles. The molecule has 0 aliphatic rings. The maximum Gasteiger partial charge on any atom is 0.295 e. The second-order valence-corrected chi connectivity index (χ2v) is 3.68. The van der Waals surface area contributed by atoms with Crippen molar-refractivity contribution in [2.24, 2.45) is 5.73 Å². The van der Waals surface area contributed by atoms with Crippen molar-refractivity contribution in [2.45, 2.75) is 11.9 Å². The zero-order chi connectivity index (χ0) is 7.71. The molecule has 0 aromatic heterocycles. The summed E-state index contributed by atoms with van der Waals surface area (Å²) in [7, 11) is -4.42. The Bertz CT molecular complexity index is 182. The Hall–Kier alpha value is -0.170. The predicted octanol–water partition coefficient (Wildman–Crippen LogP) is -1.46. The molecular formula is C3H9NO4S. The van der Waals surface area contributed by atoms with E-state index in [0.717, 1.165) is 6.92 Å². The Morgan fingerprint density at radius 1 is 1.67 bits per heavy atom. The van der Waals surface area contributed by atoms with Gasteiger partial charge in [-0.25, -0.2) is 0 Å². The maximum absolute atomic E-state index is 10.1. The highest BCUT2D eigenvalue weighted by Crippen LogP contribution is 2.07. The Morgan fingerprint density at radius 3 is 2.00 bits per heavy atom. The molecule has 5 nitrogen and oxygen atoms in total. The molecule has 0 amide bonds. The molecule has 0 fully saturated rings. The number of hydrogen-bond acceptors (Lipinski definition) is 4. The first kappa shape index (κ1) is 8.83. The molecule has 0 aromatic rings. The monoisotopic (exact) mass is 155 g/mol. The van der Waals surface area contributed by atoms with Gasteiger partial charge < -0.3 is 10.8 Å². The predicted molar refractivity (Wildman–Crippen MR) is 31.2 cm³/mol. The van der Waals surface area contributed by atoms with Crippen molar-refractivity contribution >= 4 is 10.1 Å². The largest absolute Gasteiger partial charge is 0.372 e. The number of nitrogens with two attached hydrogens (primary N) is 1. The standard InChI is InChI=1S/C3H9NO4S/c1-3(5,2-4)9(6,7)8/h5H,2,4H2,1H3,(H,6,7,8). The highest BCUT2D eigenvalue weighted by atomic mass is 32.2. The normalized spacial score (nSPS) is 19.1. The van der Waals surface area contributed by atoms with E-state index in [0.29, 0.717) is 0 Å². The highest BCUT2D eigenvalue weighted by Gasteiger charge is 2.33. The van der Waals surface area contributed by atoms with Gasteiger partial charge in [0.05, 0.1) is 0 Å². The summed E-state index contributed by atoms with van der Waals surface area (Å²) < 4.78 is 28.4. The van der Waals surface area contributed by atoms with Gasteiger partial charge in [-0.1, -0.05) is 0 Å². The van der Waals surface area contributed by atoms with Crippen molar-refractivity contribution in [3.05, 3.63) is 0 Å². The van der Waals surface area contributed by atoms with E-state index in [4.69, 9.17) is 15.4 Å². The third-order valence-corrected chi connectivity index (χ3v) is 2.21. The molecule has 6 heteroatoms. The van der Waals surface area contributed by atoms with Crippen LogP contribution >= 0.6 is 0 Å². The van der Waals surface area contributed by atoms with Crippen molar-refractivity contribution in [1.82, 2.24) is 0 Å². The van der Waals surface area contributed by atoms with Crippen LogP contribution in [-0.4, -0.2) is 29.6 Å². The number of aliphatic hydroxyl groups is 1. The maximum atomic E-state index is 10.1. The van der Waals surface area contributed by atoms with Crippen LogP contribution in [0.25, 0.3) is 0 Å². The molecule has 0 bridgehead atoms. The first-order valence-electron chi connectivity index (χ1n) is 2.21. The molecule has 0 saturated carbocycles. The van der Waals surface area contributed by atoms with Gasteiger partial charge in [0.25, 0.3) is 10.1 Å². The molecule has 0 aliphatic carbocycles. The third kappa shape index (κ3) is 1.90. The third-order valence-electron chi connectivity index (χ3n) is 0.934. The van der Waals surface area contributed by atoms with Gasteiger partial charge in [-0.15, -0.1) is 0 Å². The van der Waals surface area contributed by atoms with Gasteiger partial charge in [0, 0.05) is 6.54 Å². The van der Waals surface area contributed by atoms with E-state index in [2.05, 4.69) is 0 Å². The average molecular weight is 155 g/mol. The quantitative estimate of drug-likeness (QED) is 0.423. The fraction of sp³-hybridized carbons (Fsp3) is 1.00. The Kier molecular flexibility index (Phi) is 2.18. The van der Waals surface area contributed by atoms with Crippen LogP contribution < -0.4 is 5.73 Å². The Balaban J connectivity index is 4.56. The number of hydrogen-bond donors (Lipinski definition) is 3. The summed E-state index contributed by atoms with van der Waals surface area (Å²) in [5.74, 6) is 0. The van der Waals surface area contributed by atoms with E-state index in [9.17, 15) is 8.42 Å². The van der Waals surface area contributed by atoms with Crippen LogP contribution in [0.1, 0.15) is 6.92 Å². The summed E-state index contributed by atoms with van der Waals surface area (Å²) >= 11 is 0. The molecule has 1 unspecified atom stereocenters. The van der Waals surface area contributed by atoms with Crippen LogP contribution in [0.3, 0.4) is 0 Å². The molecule has 0 heterocycles. The number of rotatable bonds is 2. The molecule has 0 spiro atoms. The molecule has 0 aromatic carbocycles. The van der Waals surface area contributed by atoms with Crippen LogP contribution in [0, 0.1) is 0 Å². The second kappa shape index (κ2) is 2.22. The molecule has 4 N–H and O–H groups in total. The lowest BCUT2D eigenvalue weighted by molar-refractivity contribution is 0.141. The molecule has 9 heavy (non-hydrogen) atoms. The van der Waals surface area contributed by atoms with Crippen LogP contribution in [0.5, 0.6) is 0 Å². The van der Waals surface area contributed by atoms with E-state index in [1.54, 1.807) is 0 Å². The van der Waals surface area contributed by atoms with E-state index in [1.165, 1.54) is 0 Å². The zero-order valence-corrected chi connectivity index (χ0v) is 5.72. The lowest BCUT2D eigenvalue weighted by Crippen LogP contribution is -2.42.